The Hall–Kier alpha value is -1.05. The van der Waals surface area contributed by atoms with Crippen LogP contribution < -0.4 is 21.5 Å². The maximum absolute atomic E-state index is 12.1. The van der Waals surface area contributed by atoms with Crippen LogP contribution in [-0.4, -0.2) is 14.2 Å². The number of halogens is 1. The first-order valence-corrected chi connectivity index (χ1v) is 8.53. The number of carbonyl (C=O) groups is 1. The molecule has 4 nitrogen and oxygen atoms in total. The van der Waals surface area contributed by atoms with Crippen LogP contribution in [0.1, 0.15) is 20.9 Å². The zero-order valence-corrected chi connectivity index (χ0v) is 13.7. The van der Waals surface area contributed by atoms with Gasteiger partial charge in [0.2, 0.25) is 23.5 Å². The van der Waals surface area contributed by atoms with Gasteiger partial charge in [-0.05, 0) is 0 Å². The smallest absolute Gasteiger partial charge is 0.227 e. The Kier molecular flexibility index (Phi) is 4.41. The van der Waals surface area contributed by atoms with Crippen LogP contribution in [0.25, 0.3) is 0 Å². The van der Waals surface area contributed by atoms with Crippen molar-refractivity contribution in [2.75, 3.05) is 0 Å². The average Bonchev–Trinajstić information content (AvgIpc) is 2.87. The molecular formula is C13H12BrNO3S2. The zero-order chi connectivity index (χ0) is 13.5. The van der Waals surface area contributed by atoms with Gasteiger partial charge in [0, 0.05) is 5.56 Å². The summed E-state index contributed by atoms with van der Waals surface area (Å²) < 4.78 is 24.9. The van der Waals surface area contributed by atoms with Gasteiger partial charge >= 0.3 is 0 Å². The first kappa shape index (κ1) is 15.3. The maximum Gasteiger partial charge on any atom is 0.227 e. The Morgan fingerprint density at radius 3 is 2.60 bits per heavy atom. The minimum Gasteiger partial charge on any atom is -1.00 e. The second kappa shape index (κ2) is 5.75. The van der Waals surface area contributed by atoms with Gasteiger partial charge in [0.15, 0.2) is 9.84 Å². The van der Waals surface area contributed by atoms with E-state index in [1.807, 2.05) is 23.7 Å². The van der Waals surface area contributed by atoms with Crippen molar-refractivity contribution >= 4 is 27.0 Å². The first-order chi connectivity index (χ1) is 9.05. The molecule has 0 saturated heterocycles. The summed E-state index contributed by atoms with van der Waals surface area (Å²) in [7, 11) is -3.01. The molecule has 1 aliphatic heterocycles. The Labute approximate surface area is 131 Å². The molecule has 2 heterocycles. The highest BCUT2D eigenvalue weighted by molar-refractivity contribution is 7.90. The number of benzene rings is 1. The molecule has 0 unspecified atom stereocenters. The number of nitrogens with zero attached hydrogens (tertiary/aromatic N) is 1. The SMILES string of the molecule is O=C(C[n+]1csc2c1CS(=O)(=O)C2)c1ccccc1.[Br-]. The lowest BCUT2D eigenvalue weighted by Crippen LogP contribution is -3.00. The largest absolute Gasteiger partial charge is 1.00 e. The number of ketones is 1. The van der Waals surface area contributed by atoms with Crippen LogP contribution in [0.5, 0.6) is 0 Å². The van der Waals surface area contributed by atoms with E-state index in [4.69, 9.17) is 0 Å². The number of hydrogen-bond acceptors (Lipinski definition) is 4. The molecule has 0 aliphatic carbocycles. The number of Topliss-reactive ketones (excluding diaryl/α,β-unsaturated/α-hetero) is 1. The number of sulfone groups is 1. The van der Waals surface area contributed by atoms with E-state index in [-0.39, 0.29) is 40.8 Å². The molecule has 2 aromatic rings. The van der Waals surface area contributed by atoms with Crippen molar-refractivity contribution in [1.82, 2.24) is 0 Å². The van der Waals surface area contributed by atoms with Gasteiger partial charge in [-0.15, -0.1) is 0 Å². The Balaban J connectivity index is 0.00000147. The third-order valence-electron chi connectivity index (χ3n) is 3.11. The van der Waals surface area contributed by atoms with E-state index in [0.717, 1.165) is 10.6 Å². The van der Waals surface area contributed by atoms with Crippen molar-refractivity contribution in [1.29, 1.82) is 0 Å². The topological polar surface area (TPSA) is 55.1 Å². The lowest BCUT2D eigenvalue weighted by Gasteiger charge is -1.97. The standard InChI is InChI=1S/C13H12NO3S2.BrH/c15-12(10-4-2-1-3-5-10)6-14-9-18-13-8-19(16,17)7-11(13)14;/h1-5,9H,6-8H2;1H/q+1;/p-1. The zero-order valence-electron chi connectivity index (χ0n) is 10.5. The molecule has 0 spiro atoms. The Morgan fingerprint density at radius 2 is 1.90 bits per heavy atom. The molecule has 1 aromatic heterocycles. The molecule has 1 aliphatic rings. The minimum atomic E-state index is -3.01. The fourth-order valence-electron chi connectivity index (χ4n) is 2.16. The van der Waals surface area contributed by atoms with Gasteiger partial charge < -0.3 is 17.0 Å². The summed E-state index contributed by atoms with van der Waals surface area (Å²) in [5.41, 5.74) is 3.25. The molecule has 0 fully saturated rings. The number of aromatic nitrogens is 1. The van der Waals surface area contributed by atoms with E-state index >= 15 is 0 Å². The summed E-state index contributed by atoms with van der Waals surface area (Å²) >= 11 is 1.41. The van der Waals surface area contributed by atoms with E-state index in [9.17, 15) is 13.2 Å². The van der Waals surface area contributed by atoms with Gasteiger partial charge in [-0.2, -0.15) is 4.57 Å². The summed E-state index contributed by atoms with van der Waals surface area (Å²) in [6.45, 7) is 0.200. The van der Waals surface area contributed by atoms with Crippen molar-refractivity contribution in [3.8, 4) is 0 Å². The van der Waals surface area contributed by atoms with Crippen molar-refractivity contribution in [2.24, 2.45) is 0 Å². The van der Waals surface area contributed by atoms with Crippen LogP contribution in [-0.2, 0) is 27.9 Å². The molecule has 0 N–H and O–H groups in total. The predicted octanol–water partition coefficient (Wildman–Crippen LogP) is -1.65. The second-order valence-corrected chi connectivity index (χ2v) is 7.55. The molecule has 0 saturated carbocycles. The van der Waals surface area contributed by atoms with Crippen molar-refractivity contribution in [3.63, 3.8) is 0 Å². The molecule has 0 amide bonds. The molecule has 106 valence electrons. The van der Waals surface area contributed by atoms with Gasteiger partial charge in [-0.25, -0.2) is 8.42 Å². The summed E-state index contributed by atoms with van der Waals surface area (Å²) in [5.74, 6) is 0.156. The van der Waals surface area contributed by atoms with E-state index in [1.54, 1.807) is 16.7 Å². The highest BCUT2D eigenvalue weighted by atomic mass is 79.9. The second-order valence-electron chi connectivity index (χ2n) is 4.54. The van der Waals surface area contributed by atoms with Gasteiger partial charge in [-0.1, -0.05) is 41.7 Å². The van der Waals surface area contributed by atoms with Gasteiger partial charge in [0.05, 0.1) is 10.6 Å². The number of rotatable bonds is 3. The quantitative estimate of drug-likeness (QED) is 0.478. The van der Waals surface area contributed by atoms with Crippen LogP contribution in [0.15, 0.2) is 35.8 Å². The third kappa shape index (κ3) is 2.99. The highest BCUT2D eigenvalue weighted by Crippen LogP contribution is 2.26. The molecule has 1 aromatic carbocycles. The summed E-state index contributed by atoms with van der Waals surface area (Å²) in [6, 6.07) is 9.04. The minimum absolute atomic E-state index is 0. The third-order valence-corrected chi connectivity index (χ3v) is 5.76. The van der Waals surface area contributed by atoms with Crippen molar-refractivity contribution in [2.45, 2.75) is 18.1 Å². The lowest BCUT2D eigenvalue weighted by molar-refractivity contribution is -0.684. The van der Waals surface area contributed by atoms with Crippen LogP contribution in [0.2, 0.25) is 0 Å². The monoisotopic (exact) mass is 373 g/mol. The molecular weight excluding hydrogens is 362 g/mol. The normalized spacial score (nSPS) is 15.4. The van der Waals surface area contributed by atoms with E-state index in [1.165, 1.54) is 11.3 Å². The van der Waals surface area contributed by atoms with E-state index in [0.29, 0.717) is 5.56 Å². The van der Waals surface area contributed by atoms with Crippen LogP contribution in [0.4, 0.5) is 0 Å². The molecule has 0 atom stereocenters. The number of fused-ring (bicyclic) bond motifs is 1. The van der Waals surface area contributed by atoms with Gasteiger partial charge in [0.1, 0.15) is 5.75 Å². The average molecular weight is 374 g/mol. The Morgan fingerprint density at radius 1 is 1.20 bits per heavy atom. The van der Waals surface area contributed by atoms with Crippen LogP contribution in [0.3, 0.4) is 0 Å². The first-order valence-electron chi connectivity index (χ1n) is 5.82. The fraction of sp³-hybridized carbons (Fsp3) is 0.231. The van der Waals surface area contributed by atoms with Crippen molar-refractivity contribution < 1.29 is 34.8 Å². The Bertz CT molecular complexity index is 738. The summed E-state index contributed by atoms with van der Waals surface area (Å²) in [4.78, 5) is 13.0. The highest BCUT2D eigenvalue weighted by Gasteiger charge is 2.35. The lowest BCUT2D eigenvalue weighted by atomic mass is 10.1. The van der Waals surface area contributed by atoms with Crippen molar-refractivity contribution in [3.05, 3.63) is 52.0 Å². The summed E-state index contributed by atoms with van der Waals surface area (Å²) in [6.07, 6.45) is 0. The fourth-order valence-corrected chi connectivity index (χ4v) is 5.27. The van der Waals surface area contributed by atoms with E-state index in [2.05, 4.69) is 0 Å². The number of hydrogen-bond donors (Lipinski definition) is 0. The van der Waals surface area contributed by atoms with Crippen LogP contribution in [0, 0.1) is 0 Å². The molecule has 20 heavy (non-hydrogen) atoms. The predicted molar refractivity (Wildman–Crippen MR) is 71.6 cm³/mol. The maximum atomic E-state index is 12.1. The number of carbonyl (C=O) groups excluding carboxylic acids is 1. The molecule has 7 heteroatoms. The molecule has 0 bridgehead atoms. The van der Waals surface area contributed by atoms with Gasteiger partial charge in [-0.3, -0.25) is 4.79 Å². The number of thiazole rings is 1. The van der Waals surface area contributed by atoms with Crippen LogP contribution >= 0.6 is 11.3 Å². The molecule has 3 rings (SSSR count). The summed E-state index contributed by atoms with van der Waals surface area (Å²) in [5, 5.41) is 0. The molecule has 0 radical (unpaired) electrons. The van der Waals surface area contributed by atoms with Gasteiger partial charge in [0.25, 0.3) is 0 Å². The van der Waals surface area contributed by atoms with E-state index < -0.39 is 9.84 Å².